The molecule has 1 amide bonds. The number of methoxy groups -OCH3 is 2. The fourth-order valence-electron chi connectivity index (χ4n) is 4.22. The molecule has 1 atom stereocenters. The van der Waals surface area contributed by atoms with Crippen molar-refractivity contribution >= 4 is 11.9 Å². The Labute approximate surface area is 196 Å². The van der Waals surface area contributed by atoms with Crippen LogP contribution in [0, 0.1) is 0 Å². The molecule has 0 aromatic heterocycles. The van der Waals surface area contributed by atoms with Crippen LogP contribution >= 0.6 is 0 Å². The van der Waals surface area contributed by atoms with Gasteiger partial charge in [-0.1, -0.05) is 12.1 Å². The number of carbonyl (C=O) groups excluding carboxylic acids is 2. The minimum absolute atomic E-state index is 0.0803. The molecule has 0 radical (unpaired) electrons. The van der Waals surface area contributed by atoms with Gasteiger partial charge in [0.15, 0.2) is 11.5 Å². The summed E-state index contributed by atoms with van der Waals surface area (Å²) in [6.45, 7) is 2.29. The number of nitrogens with zero attached hydrogens (tertiary/aromatic N) is 1. The number of carbonyl (C=O) groups is 2. The number of esters is 1. The van der Waals surface area contributed by atoms with Crippen LogP contribution in [0.4, 0.5) is 13.2 Å². The normalized spacial score (nSPS) is 15.5. The molecule has 0 saturated carbocycles. The van der Waals surface area contributed by atoms with Crippen molar-refractivity contribution in [2.75, 3.05) is 27.4 Å². The quantitative estimate of drug-likeness (QED) is 0.503. The third-order valence-electron chi connectivity index (χ3n) is 5.80. The Balaban J connectivity index is 2.00. The number of amides is 1. The predicted molar refractivity (Wildman–Crippen MR) is 119 cm³/mol. The molecule has 0 bridgehead atoms. The molecule has 2 aromatic carbocycles. The number of alkyl halides is 3. The van der Waals surface area contributed by atoms with Crippen LogP contribution in [-0.4, -0.2) is 44.1 Å². The Morgan fingerprint density at radius 1 is 1.06 bits per heavy atom. The van der Waals surface area contributed by atoms with Gasteiger partial charge < -0.3 is 19.1 Å². The third-order valence-corrected chi connectivity index (χ3v) is 5.80. The van der Waals surface area contributed by atoms with Crippen LogP contribution in [0.3, 0.4) is 0 Å². The number of hydrogen-bond donors (Lipinski definition) is 0. The van der Waals surface area contributed by atoms with Crippen molar-refractivity contribution in [2.24, 2.45) is 0 Å². The maximum absolute atomic E-state index is 13.4. The highest BCUT2D eigenvalue weighted by molar-refractivity contribution is 5.79. The second-order valence-electron chi connectivity index (χ2n) is 7.93. The first-order valence-corrected chi connectivity index (χ1v) is 11.1. The monoisotopic (exact) mass is 479 g/mol. The molecular weight excluding hydrogens is 451 g/mol. The SMILES string of the molecule is CCOC(=O)CCCC(=O)N1CCc2cc(OC)c(OC)cc2[C@@H]1c1cccc(C(F)(F)F)c1. The predicted octanol–water partition coefficient (Wildman–Crippen LogP) is 4.93. The van der Waals surface area contributed by atoms with Crippen LogP contribution in [0.15, 0.2) is 36.4 Å². The third kappa shape index (κ3) is 5.63. The van der Waals surface area contributed by atoms with E-state index in [0.29, 0.717) is 42.0 Å². The largest absolute Gasteiger partial charge is 0.493 e. The highest BCUT2D eigenvalue weighted by Gasteiger charge is 2.36. The second kappa shape index (κ2) is 10.8. The zero-order valence-electron chi connectivity index (χ0n) is 19.4. The van der Waals surface area contributed by atoms with Gasteiger partial charge in [0.1, 0.15) is 0 Å². The van der Waals surface area contributed by atoms with Gasteiger partial charge in [0, 0.05) is 19.4 Å². The molecule has 0 unspecified atom stereocenters. The van der Waals surface area contributed by atoms with Crippen molar-refractivity contribution in [3.8, 4) is 11.5 Å². The van der Waals surface area contributed by atoms with E-state index >= 15 is 0 Å². The minimum Gasteiger partial charge on any atom is -0.493 e. The van der Waals surface area contributed by atoms with Gasteiger partial charge >= 0.3 is 12.1 Å². The first-order chi connectivity index (χ1) is 16.2. The lowest BCUT2D eigenvalue weighted by atomic mass is 9.86. The molecule has 0 spiro atoms. The Morgan fingerprint density at radius 3 is 2.41 bits per heavy atom. The molecule has 0 saturated heterocycles. The van der Waals surface area contributed by atoms with Crippen LogP contribution < -0.4 is 9.47 Å². The minimum atomic E-state index is -4.51. The molecule has 184 valence electrons. The summed E-state index contributed by atoms with van der Waals surface area (Å²) in [7, 11) is 2.99. The molecule has 0 aliphatic carbocycles. The second-order valence-corrected chi connectivity index (χ2v) is 7.93. The van der Waals surface area contributed by atoms with Crippen molar-refractivity contribution < 1.29 is 37.0 Å². The number of ether oxygens (including phenoxy) is 3. The van der Waals surface area contributed by atoms with Crippen LogP contribution in [0.1, 0.15) is 54.5 Å². The molecule has 1 aliphatic heterocycles. The van der Waals surface area contributed by atoms with Crippen molar-refractivity contribution in [1.29, 1.82) is 0 Å². The zero-order valence-corrected chi connectivity index (χ0v) is 19.4. The lowest BCUT2D eigenvalue weighted by molar-refractivity contribution is -0.143. The maximum Gasteiger partial charge on any atom is 0.416 e. The van der Waals surface area contributed by atoms with E-state index in [4.69, 9.17) is 14.2 Å². The van der Waals surface area contributed by atoms with E-state index in [1.54, 1.807) is 30.0 Å². The summed E-state index contributed by atoms with van der Waals surface area (Å²) in [6.07, 6.45) is -3.53. The number of fused-ring (bicyclic) bond motifs is 1. The van der Waals surface area contributed by atoms with Gasteiger partial charge in [-0.15, -0.1) is 0 Å². The molecule has 0 fully saturated rings. The van der Waals surface area contributed by atoms with Gasteiger partial charge in [0.25, 0.3) is 0 Å². The van der Waals surface area contributed by atoms with Crippen molar-refractivity contribution in [3.05, 3.63) is 58.7 Å². The van der Waals surface area contributed by atoms with Crippen molar-refractivity contribution in [2.45, 2.75) is 44.8 Å². The van der Waals surface area contributed by atoms with E-state index in [-0.39, 0.29) is 31.3 Å². The Kier molecular flexibility index (Phi) is 8.06. The molecule has 6 nitrogen and oxygen atoms in total. The summed E-state index contributed by atoms with van der Waals surface area (Å²) in [6, 6.07) is 7.80. The van der Waals surface area contributed by atoms with Crippen molar-refractivity contribution in [1.82, 2.24) is 4.90 Å². The van der Waals surface area contributed by atoms with Gasteiger partial charge in [-0.05, 0) is 60.7 Å². The van der Waals surface area contributed by atoms with Crippen LogP contribution in [0.5, 0.6) is 11.5 Å². The summed E-state index contributed by atoms with van der Waals surface area (Å²) in [5, 5.41) is 0. The lowest BCUT2D eigenvalue weighted by Crippen LogP contribution is -2.40. The average Bonchev–Trinajstić information content (AvgIpc) is 2.81. The fraction of sp³-hybridized carbons (Fsp3) is 0.440. The maximum atomic E-state index is 13.4. The molecule has 2 aromatic rings. The van der Waals surface area contributed by atoms with Crippen LogP contribution in [0.25, 0.3) is 0 Å². The molecule has 0 N–H and O–H groups in total. The van der Waals surface area contributed by atoms with E-state index < -0.39 is 17.8 Å². The highest BCUT2D eigenvalue weighted by Crippen LogP contribution is 2.42. The Bertz CT molecular complexity index is 1040. The lowest BCUT2D eigenvalue weighted by Gasteiger charge is -2.38. The first-order valence-electron chi connectivity index (χ1n) is 11.1. The van der Waals surface area contributed by atoms with Gasteiger partial charge in [-0.25, -0.2) is 0 Å². The standard InChI is InChI=1S/C25H28F3NO5/c1-4-34-23(31)10-6-9-22(30)29-12-11-16-14-20(32-2)21(33-3)15-19(16)24(29)17-7-5-8-18(13-17)25(26,27)28/h5,7-8,13-15,24H,4,6,9-12H2,1-3H3/t24-/m0/s1. The van der Waals surface area contributed by atoms with Gasteiger partial charge in [0.2, 0.25) is 5.91 Å². The van der Waals surface area contributed by atoms with E-state index in [2.05, 4.69) is 0 Å². The summed E-state index contributed by atoms with van der Waals surface area (Å²) < 4.78 is 56.0. The molecule has 1 heterocycles. The number of rotatable bonds is 8. The molecular formula is C25H28F3NO5. The van der Waals surface area contributed by atoms with Crippen molar-refractivity contribution in [3.63, 3.8) is 0 Å². The average molecular weight is 479 g/mol. The van der Waals surface area contributed by atoms with Crippen LogP contribution in [0.2, 0.25) is 0 Å². The molecule has 34 heavy (non-hydrogen) atoms. The fourth-order valence-corrected chi connectivity index (χ4v) is 4.22. The zero-order chi connectivity index (χ0) is 24.9. The van der Waals surface area contributed by atoms with E-state index in [0.717, 1.165) is 17.7 Å². The number of benzene rings is 2. The Hall–Kier alpha value is -3.23. The Morgan fingerprint density at radius 2 is 1.76 bits per heavy atom. The summed E-state index contributed by atoms with van der Waals surface area (Å²) in [5.74, 6) is 0.311. The number of hydrogen-bond acceptors (Lipinski definition) is 5. The summed E-state index contributed by atoms with van der Waals surface area (Å²) >= 11 is 0. The topological polar surface area (TPSA) is 65.1 Å². The molecule has 9 heteroatoms. The van der Waals surface area contributed by atoms with E-state index in [9.17, 15) is 22.8 Å². The van der Waals surface area contributed by atoms with E-state index in [1.807, 2.05) is 0 Å². The molecule has 1 aliphatic rings. The molecule has 3 rings (SSSR count). The summed E-state index contributed by atoms with van der Waals surface area (Å²) in [4.78, 5) is 26.4. The smallest absolute Gasteiger partial charge is 0.416 e. The highest BCUT2D eigenvalue weighted by atomic mass is 19.4. The van der Waals surface area contributed by atoms with E-state index in [1.165, 1.54) is 20.3 Å². The van der Waals surface area contributed by atoms with Gasteiger partial charge in [0.05, 0.1) is 32.4 Å². The van der Waals surface area contributed by atoms with Gasteiger partial charge in [-0.3, -0.25) is 9.59 Å². The summed E-state index contributed by atoms with van der Waals surface area (Å²) in [5.41, 5.74) is 1.12. The van der Waals surface area contributed by atoms with Crippen LogP contribution in [-0.2, 0) is 26.9 Å². The first kappa shape index (κ1) is 25.4. The number of halogens is 3. The van der Waals surface area contributed by atoms with Gasteiger partial charge in [-0.2, -0.15) is 13.2 Å².